The van der Waals surface area contributed by atoms with E-state index < -0.39 is 45.2 Å². The smallest absolute Gasteiger partial charge is 0.338 e. The highest BCUT2D eigenvalue weighted by atomic mass is 79.9. The highest BCUT2D eigenvalue weighted by Crippen LogP contribution is 2.20. The second-order valence-corrected chi connectivity index (χ2v) is 9.70. The van der Waals surface area contributed by atoms with Crippen LogP contribution in [0.5, 0.6) is 0 Å². The van der Waals surface area contributed by atoms with Crippen LogP contribution in [0.2, 0.25) is 0 Å². The van der Waals surface area contributed by atoms with Gasteiger partial charge in [-0.1, -0.05) is 22.0 Å². The van der Waals surface area contributed by atoms with Crippen molar-refractivity contribution in [3.05, 3.63) is 85.0 Å². The second-order valence-electron chi connectivity index (χ2n) is 7.11. The minimum absolute atomic E-state index is 0.132. The standard InChI is InChI=1S/C21H19BrN4O7S/c1-25-18(23)17(19(28)26(2)21(25)30)16(27)11-33-20(29)12-4-3-5-15(10-12)34(31,32)24-14-8-6-13(22)7-9-14/h3-10,24H,11,23H2,1-2H3. The summed E-state index contributed by atoms with van der Waals surface area (Å²) in [6.45, 7) is -0.843. The summed E-state index contributed by atoms with van der Waals surface area (Å²) in [6, 6.07) is 11.5. The Labute approximate surface area is 202 Å². The lowest BCUT2D eigenvalue weighted by atomic mass is 10.2. The van der Waals surface area contributed by atoms with Crippen molar-refractivity contribution in [1.29, 1.82) is 0 Å². The maximum atomic E-state index is 12.7. The van der Waals surface area contributed by atoms with E-state index in [1.807, 2.05) is 0 Å². The molecule has 0 aliphatic carbocycles. The molecule has 2 aromatic carbocycles. The number of rotatable bonds is 7. The van der Waals surface area contributed by atoms with Gasteiger partial charge in [-0.3, -0.25) is 23.4 Å². The van der Waals surface area contributed by atoms with E-state index in [1.165, 1.54) is 32.3 Å². The summed E-state index contributed by atoms with van der Waals surface area (Å²) in [5.74, 6) is -2.27. The van der Waals surface area contributed by atoms with Crippen molar-refractivity contribution in [3.8, 4) is 0 Å². The number of aromatic nitrogens is 2. The number of nitrogens with one attached hydrogen (secondary N) is 1. The molecule has 0 amide bonds. The molecule has 34 heavy (non-hydrogen) atoms. The molecule has 0 unspecified atom stereocenters. The largest absolute Gasteiger partial charge is 0.454 e. The SMILES string of the molecule is Cn1c(N)c(C(=O)COC(=O)c2cccc(S(=O)(=O)Nc3ccc(Br)cc3)c2)c(=O)n(C)c1=O. The van der Waals surface area contributed by atoms with Crippen LogP contribution in [0.1, 0.15) is 20.7 Å². The molecule has 0 saturated carbocycles. The maximum absolute atomic E-state index is 12.7. The van der Waals surface area contributed by atoms with Crippen molar-refractivity contribution in [1.82, 2.24) is 9.13 Å². The predicted molar refractivity (Wildman–Crippen MR) is 127 cm³/mol. The van der Waals surface area contributed by atoms with E-state index >= 15 is 0 Å². The van der Waals surface area contributed by atoms with E-state index in [1.54, 1.807) is 24.3 Å². The van der Waals surface area contributed by atoms with Gasteiger partial charge in [0, 0.05) is 24.3 Å². The Morgan fingerprint density at radius 2 is 1.71 bits per heavy atom. The molecule has 0 aliphatic heterocycles. The average molecular weight is 551 g/mol. The van der Waals surface area contributed by atoms with E-state index in [9.17, 15) is 27.6 Å². The van der Waals surface area contributed by atoms with Crippen LogP contribution in [0, 0.1) is 0 Å². The fourth-order valence-electron chi connectivity index (χ4n) is 2.93. The number of sulfonamides is 1. The number of nitrogens with zero attached hydrogens (tertiary/aromatic N) is 2. The molecule has 1 heterocycles. The third-order valence-corrected chi connectivity index (χ3v) is 6.71. The van der Waals surface area contributed by atoms with Crippen molar-refractivity contribution < 1.29 is 22.7 Å². The van der Waals surface area contributed by atoms with Gasteiger partial charge in [0.1, 0.15) is 11.4 Å². The van der Waals surface area contributed by atoms with Crippen molar-refractivity contribution in [2.75, 3.05) is 17.1 Å². The number of ether oxygens (including phenoxy) is 1. The first-order valence-electron chi connectivity index (χ1n) is 9.56. The maximum Gasteiger partial charge on any atom is 0.338 e. The highest BCUT2D eigenvalue weighted by molar-refractivity contribution is 9.10. The first-order chi connectivity index (χ1) is 15.9. The van der Waals surface area contributed by atoms with Crippen LogP contribution in [0.3, 0.4) is 0 Å². The number of halogens is 1. The molecule has 3 N–H and O–H groups in total. The Kier molecular flexibility index (Phi) is 7.07. The molecule has 11 nitrogen and oxygen atoms in total. The van der Waals surface area contributed by atoms with Gasteiger partial charge < -0.3 is 10.5 Å². The summed E-state index contributed by atoms with van der Waals surface area (Å²) < 4.78 is 35.1. The van der Waals surface area contributed by atoms with Crippen LogP contribution in [-0.4, -0.2) is 35.9 Å². The van der Waals surface area contributed by atoms with E-state index in [4.69, 9.17) is 10.5 Å². The minimum Gasteiger partial charge on any atom is -0.454 e. The zero-order valence-electron chi connectivity index (χ0n) is 17.9. The molecule has 13 heteroatoms. The quantitative estimate of drug-likeness (QED) is 0.328. The highest BCUT2D eigenvalue weighted by Gasteiger charge is 2.22. The zero-order valence-corrected chi connectivity index (χ0v) is 20.3. The van der Waals surface area contributed by atoms with E-state index in [2.05, 4.69) is 20.7 Å². The van der Waals surface area contributed by atoms with Gasteiger partial charge in [0.05, 0.1) is 10.5 Å². The van der Waals surface area contributed by atoms with Crippen LogP contribution < -0.4 is 21.7 Å². The van der Waals surface area contributed by atoms with Crippen LogP contribution >= 0.6 is 15.9 Å². The average Bonchev–Trinajstić information content (AvgIpc) is 2.81. The molecule has 0 aliphatic rings. The summed E-state index contributed by atoms with van der Waals surface area (Å²) >= 11 is 3.26. The normalized spacial score (nSPS) is 11.1. The number of hydrogen-bond donors (Lipinski definition) is 2. The monoisotopic (exact) mass is 550 g/mol. The number of anilines is 2. The van der Waals surface area contributed by atoms with Gasteiger partial charge in [0.2, 0.25) is 5.78 Å². The van der Waals surface area contributed by atoms with Gasteiger partial charge in [-0.2, -0.15) is 0 Å². The summed E-state index contributed by atoms with van der Waals surface area (Å²) in [7, 11) is -1.55. The molecular weight excluding hydrogens is 532 g/mol. The summed E-state index contributed by atoms with van der Waals surface area (Å²) in [5.41, 5.74) is 3.78. The van der Waals surface area contributed by atoms with Crippen LogP contribution in [0.4, 0.5) is 11.5 Å². The molecule has 0 bridgehead atoms. The fourth-order valence-corrected chi connectivity index (χ4v) is 4.30. The molecular formula is C21H19BrN4O7S. The molecule has 3 aromatic rings. The Bertz CT molecular complexity index is 1510. The number of nitrogen functional groups attached to an aromatic ring is 1. The van der Waals surface area contributed by atoms with E-state index in [0.717, 1.165) is 15.1 Å². The summed E-state index contributed by atoms with van der Waals surface area (Å²) in [5, 5.41) is 0. The molecule has 178 valence electrons. The lowest BCUT2D eigenvalue weighted by Crippen LogP contribution is -2.42. The van der Waals surface area contributed by atoms with Gasteiger partial charge >= 0.3 is 11.7 Å². The number of Topliss-reactive ketones (excluding diaryl/α,β-unsaturated/α-hetero) is 1. The molecule has 0 saturated heterocycles. The Morgan fingerprint density at radius 1 is 1.06 bits per heavy atom. The van der Waals surface area contributed by atoms with Gasteiger partial charge in [0.25, 0.3) is 15.6 Å². The molecule has 0 spiro atoms. The first kappa shape index (κ1) is 24.9. The minimum atomic E-state index is -4.01. The molecule has 0 atom stereocenters. The van der Waals surface area contributed by atoms with Crippen molar-refractivity contribution in [3.63, 3.8) is 0 Å². The van der Waals surface area contributed by atoms with Gasteiger partial charge in [0.15, 0.2) is 6.61 Å². The molecule has 1 aromatic heterocycles. The number of nitrogens with two attached hydrogens (primary N) is 1. The number of esters is 1. The predicted octanol–water partition coefficient (Wildman–Crippen LogP) is 1.27. The lowest BCUT2D eigenvalue weighted by molar-refractivity contribution is 0.0474. The van der Waals surface area contributed by atoms with Gasteiger partial charge in [-0.05, 0) is 42.5 Å². The molecule has 3 rings (SSSR count). The third kappa shape index (κ3) is 5.10. The number of hydrogen-bond acceptors (Lipinski definition) is 8. The first-order valence-corrected chi connectivity index (χ1v) is 11.8. The number of carbonyl (C=O) groups is 2. The van der Waals surface area contributed by atoms with Crippen molar-refractivity contribution in [2.24, 2.45) is 14.1 Å². The van der Waals surface area contributed by atoms with Gasteiger partial charge in [-0.15, -0.1) is 0 Å². The van der Waals surface area contributed by atoms with E-state index in [-0.39, 0.29) is 16.3 Å². The zero-order chi connectivity index (χ0) is 25.2. The summed E-state index contributed by atoms with van der Waals surface area (Å²) in [6.07, 6.45) is 0. The van der Waals surface area contributed by atoms with Gasteiger partial charge in [-0.25, -0.2) is 18.0 Å². The Morgan fingerprint density at radius 3 is 2.35 bits per heavy atom. The van der Waals surface area contributed by atoms with Crippen LogP contribution in [-0.2, 0) is 28.9 Å². The topological polar surface area (TPSA) is 160 Å². The number of benzene rings is 2. The van der Waals surface area contributed by atoms with Crippen LogP contribution in [0.15, 0.2) is 67.5 Å². The number of ketones is 1. The molecule has 0 radical (unpaired) electrons. The van der Waals surface area contributed by atoms with Crippen LogP contribution in [0.25, 0.3) is 0 Å². The molecule has 0 fully saturated rings. The Hall–Kier alpha value is -3.71. The third-order valence-electron chi connectivity index (χ3n) is 4.80. The summed E-state index contributed by atoms with van der Waals surface area (Å²) in [4.78, 5) is 48.9. The number of carbonyl (C=O) groups excluding carboxylic acids is 2. The fraction of sp³-hybridized carbons (Fsp3) is 0.143. The second kappa shape index (κ2) is 9.65. The Balaban J connectivity index is 1.78. The van der Waals surface area contributed by atoms with Crippen molar-refractivity contribution >= 4 is 49.2 Å². The lowest BCUT2D eigenvalue weighted by Gasteiger charge is -2.11. The van der Waals surface area contributed by atoms with Crippen molar-refractivity contribution in [2.45, 2.75) is 4.90 Å². The van der Waals surface area contributed by atoms with E-state index in [0.29, 0.717) is 10.3 Å².